The van der Waals surface area contributed by atoms with E-state index in [0.29, 0.717) is 0 Å². The van der Waals surface area contributed by atoms with E-state index in [9.17, 15) is 0 Å². The maximum Gasteiger partial charge on any atom is 0.202 e. The number of hydrogen-bond acceptors (Lipinski definition) is 5. The molecule has 12 heavy (non-hydrogen) atoms. The van der Waals surface area contributed by atoms with Gasteiger partial charge in [-0.1, -0.05) is 6.92 Å². The predicted octanol–water partition coefficient (Wildman–Crippen LogP) is 2.22. The lowest BCUT2D eigenvalue weighted by molar-refractivity contribution is 1.09. The third kappa shape index (κ3) is 2.98. The van der Waals surface area contributed by atoms with Crippen LogP contribution in [0.1, 0.15) is 19.2 Å². The molecule has 3 nitrogen and oxygen atoms in total. The van der Waals surface area contributed by atoms with Gasteiger partial charge >= 0.3 is 0 Å². The summed E-state index contributed by atoms with van der Waals surface area (Å²) in [6.07, 6.45) is 1.22. The zero-order chi connectivity index (χ0) is 8.81. The van der Waals surface area contributed by atoms with Gasteiger partial charge < -0.3 is 5.32 Å². The molecule has 0 saturated carbocycles. The fourth-order valence-electron chi connectivity index (χ4n) is 0.722. The predicted molar refractivity (Wildman–Crippen MR) is 55.9 cm³/mol. The smallest absolute Gasteiger partial charge is 0.202 e. The molecule has 1 N–H and O–H groups in total. The van der Waals surface area contributed by atoms with E-state index in [1.807, 2.05) is 18.8 Å². The van der Waals surface area contributed by atoms with Gasteiger partial charge in [-0.05, 0) is 12.2 Å². The van der Waals surface area contributed by atoms with Crippen LogP contribution in [-0.4, -0.2) is 22.2 Å². The fraction of sp³-hybridized carbons (Fsp3) is 0.714. The monoisotopic (exact) mass is 203 g/mol. The van der Waals surface area contributed by atoms with E-state index in [4.69, 9.17) is 0 Å². The molecule has 0 aliphatic rings. The molecule has 0 fully saturated rings. The van der Waals surface area contributed by atoms with E-state index < -0.39 is 0 Å². The zero-order valence-electron chi connectivity index (χ0n) is 7.33. The van der Waals surface area contributed by atoms with Gasteiger partial charge in [-0.25, -0.2) is 4.98 Å². The highest BCUT2D eigenvalue weighted by atomic mass is 32.2. The summed E-state index contributed by atoms with van der Waals surface area (Å²) in [6, 6.07) is 0. The van der Waals surface area contributed by atoms with Gasteiger partial charge in [0, 0.05) is 18.6 Å². The number of nitrogens with zero attached hydrogens (tertiary/aromatic N) is 2. The van der Waals surface area contributed by atoms with E-state index in [2.05, 4.69) is 21.6 Å². The average Bonchev–Trinajstić information content (AvgIpc) is 2.53. The molecule has 0 spiro atoms. The molecule has 5 heteroatoms. The lowest BCUT2D eigenvalue weighted by Gasteiger charge is -1.92. The molecule has 0 amide bonds. The van der Waals surface area contributed by atoms with Crippen molar-refractivity contribution in [2.75, 3.05) is 18.1 Å². The second-order valence-electron chi connectivity index (χ2n) is 2.32. The molecule has 0 aromatic carbocycles. The molecule has 68 valence electrons. The van der Waals surface area contributed by atoms with E-state index in [0.717, 1.165) is 16.7 Å². The highest BCUT2D eigenvalue weighted by molar-refractivity contribution is 7.98. The number of aromatic nitrogens is 2. The molecule has 0 radical (unpaired) electrons. The van der Waals surface area contributed by atoms with Crippen molar-refractivity contribution in [3.8, 4) is 0 Å². The van der Waals surface area contributed by atoms with Crippen molar-refractivity contribution in [3.63, 3.8) is 0 Å². The SMILES string of the molecule is CCCSCc1nsc(NC)n1. The van der Waals surface area contributed by atoms with Crippen molar-refractivity contribution >= 4 is 28.4 Å². The van der Waals surface area contributed by atoms with Crippen LogP contribution in [-0.2, 0) is 5.75 Å². The second-order valence-corrected chi connectivity index (χ2v) is 4.18. The third-order valence-electron chi connectivity index (χ3n) is 1.26. The van der Waals surface area contributed by atoms with Crippen molar-refractivity contribution in [2.24, 2.45) is 0 Å². The molecule has 1 aromatic heterocycles. The normalized spacial score (nSPS) is 10.2. The quantitative estimate of drug-likeness (QED) is 0.745. The molecule has 1 heterocycles. The Kier molecular flexibility index (Phi) is 4.39. The standard InChI is InChI=1S/C7H13N3S2/c1-3-4-11-5-6-9-7(8-2)12-10-6/h3-5H2,1-2H3,(H,8,9,10). The summed E-state index contributed by atoms with van der Waals surface area (Å²) in [6.45, 7) is 2.18. The summed E-state index contributed by atoms with van der Waals surface area (Å²) in [5, 5.41) is 3.88. The average molecular weight is 203 g/mol. The summed E-state index contributed by atoms with van der Waals surface area (Å²) in [5.74, 6) is 3.07. The second kappa shape index (κ2) is 5.37. The van der Waals surface area contributed by atoms with Crippen LogP contribution in [0, 0.1) is 0 Å². The minimum Gasteiger partial charge on any atom is -0.363 e. The molecular formula is C7H13N3S2. The van der Waals surface area contributed by atoms with Crippen LogP contribution in [0.3, 0.4) is 0 Å². The Morgan fingerprint density at radius 2 is 2.42 bits per heavy atom. The first kappa shape index (κ1) is 9.80. The Labute approximate surface area is 81.1 Å². The zero-order valence-corrected chi connectivity index (χ0v) is 8.97. The van der Waals surface area contributed by atoms with E-state index >= 15 is 0 Å². The van der Waals surface area contributed by atoms with Crippen LogP contribution in [0.25, 0.3) is 0 Å². The summed E-state index contributed by atoms with van der Waals surface area (Å²) < 4.78 is 4.21. The minimum atomic E-state index is 0.905. The highest BCUT2D eigenvalue weighted by Crippen LogP contribution is 2.15. The molecule has 0 unspecified atom stereocenters. The highest BCUT2D eigenvalue weighted by Gasteiger charge is 2.00. The van der Waals surface area contributed by atoms with E-state index in [1.165, 1.54) is 23.7 Å². The molecule has 0 saturated heterocycles. The summed E-state index contributed by atoms with van der Waals surface area (Å²) in [5.41, 5.74) is 0. The Balaban J connectivity index is 2.31. The van der Waals surface area contributed by atoms with Gasteiger partial charge in [-0.2, -0.15) is 16.1 Å². The van der Waals surface area contributed by atoms with Gasteiger partial charge in [0.15, 0.2) is 5.82 Å². The van der Waals surface area contributed by atoms with Gasteiger partial charge in [0.1, 0.15) is 0 Å². The topological polar surface area (TPSA) is 37.8 Å². The first-order valence-corrected chi connectivity index (χ1v) is 5.87. The minimum absolute atomic E-state index is 0.905. The van der Waals surface area contributed by atoms with Crippen molar-refractivity contribution in [3.05, 3.63) is 5.82 Å². The number of rotatable bonds is 5. The van der Waals surface area contributed by atoms with Gasteiger partial charge in [0.25, 0.3) is 0 Å². The van der Waals surface area contributed by atoms with Gasteiger partial charge in [0.2, 0.25) is 5.13 Å². The Bertz CT molecular complexity index is 224. The Hall–Kier alpha value is -0.290. The molecule has 0 bridgehead atoms. The van der Waals surface area contributed by atoms with E-state index in [-0.39, 0.29) is 0 Å². The molecule has 1 aromatic rings. The third-order valence-corrected chi connectivity index (χ3v) is 3.19. The Morgan fingerprint density at radius 3 is 3.00 bits per heavy atom. The first-order chi connectivity index (χ1) is 5.86. The van der Waals surface area contributed by atoms with Crippen LogP contribution < -0.4 is 5.32 Å². The summed E-state index contributed by atoms with van der Waals surface area (Å²) in [7, 11) is 1.86. The van der Waals surface area contributed by atoms with Crippen LogP contribution in [0.2, 0.25) is 0 Å². The van der Waals surface area contributed by atoms with Crippen molar-refractivity contribution < 1.29 is 0 Å². The summed E-state index contributed by atoms with van der Waals surface area (Å²) in [4.78, 5) is 4.28. The largest absolute Gasteiger partial charge is 0.363 e. The number of hydrogen-bond donors (Lipinski definition) is 1. The lowest BCUT2D eigenvalue weighted by atomic mass is 10.6. The van der Waals surface area contributed by atoms with Crippen molar-refractivity contribution in [2.45, 2.75) is 19.1 Å². The van der Waals surface area contributed by atoms with Gasteiger partial charge in [-0.3, -0.25) is 0 Å². The number of anilines is 1. The molecule has 0 aliphatic carbocycles. The van der Waals surface area contributed by atoms with Crippen LogP contribution in [0.5, 0.6) is 0 Å². The number of nitrogens with one attached hydrogen (secondary N) is 1. The summed E-state index contributed by atoms with van der Waals surface area (Å²) >= 11 is 3.31. The fourth-order valence-corrected chi connectivity index (χ4v) is 2.08. The maximum atomic E-state index is 4.28. The van der Waals surface area contributed by atoms with Gasteiger partial charge in [0.05, 0.1) is 5.75 Å². The van der Waals surface area contributed by atoms with Crippen molar-refractivity contribution in [1.82, 2.24) is 9.36 Å². The first-order valence-electron chi connectivity index (χ1n) is 3.95. The van der Waals surface area contributed by atoms with Crippen molar-refractivity contribution in [1.29, 1.82) is 0 Å². The van der Waals surface area contributed by atoms with Crippen LogP contribution in [0.15, 0.2) is 0 Å². The van der Waals surface area contributed by atoms with E-state index in [1.54, 1.807) is 0 Å². The Morgan fingerprint density at radius 1 is 1.58 bits per heavy atom. The molecular weight excluding hydrogens is 190 g/mol. The number of thioether (sulfide) groups is 1. The molecule has 0 atom stereocenters. The lowest BCUT2D eigenvalue weighted by Crippen LogP contribution is -1.88. The molecule has 1 rings (SSSR count). The molecule has 0 aliphatic heterocycles. The van der Waals surface area contributed by atoms with Gasteiger partial charge in [-0.15, -0.1) is 0 Å². The van der Waals surface area contributed by atoms with Crippen LogP contribution >= 0.6 is 23.3 Å². The maximum absolute atomic E-state index is 4.28. The van der Waals surface area contributed by atoms with Crippen LogP contribution in [0.4, 0.5) is 5.13 Å².